The fourth-order valence-corrected chi connectivity index (χ4v) is 1.84. The summed E-state index contributed by atoms with van der Waals surface area (Å²) >= 11 is 5.88. The zero-order valence-corrected chi connectivity index (χ0v) is 9.92. The van der Waals surface area contributed by atoms with Gasteiger partial charge in [0.05, 0.1) is 16.0 Å². The smallest absolute Gasteiger partial charge is 0.231 e. The molecule has 1 saturated carbocycles. The van der Waals surface area contributed by atoms with Gasteiger partial charge in [-0.05, 0) is 31.0 Å². The Hall–Kier alpha value is -1.57. The molecule has 4 nitrogen and oxygen atoms in total. The third-order valence-electron chi connectivity index (χ3n) is 3.07. The van der Waals surface area contributed by atoms with Crippen LogP contribution in [0, 0.1) is 16.7 Å². The Kier molecular flexibility index (Phi) is 3.05. The number of hydrogen-bond donors (Lipinski definition) is 2. The van der Waals surface area contributed by atoms with Gasteiger partial charge in [-0.1, -0.05) is 11.6 Å². The molecule has 2 rings (SSSR count). The van der Waals surface area contributed by atoms with Crippen LogP contribution < -0.4 is 11.1 Å². The molecule has 0 bridgehead atoms. The van der Waals surface area contributed by atoms with Crippen LogP contribution in [0.1, 0.15) is 18.4 Å². The second kappa shape index (κ2) is 4.36. The van der Waals surface area contributed by atoms with Crippen molar-refractivity contribution in [3.05, 3.63) is 28.8 Å². The standard InChI is InChI=1S/C12H12ClN3O/c13-10-5-9(2-1-8(10)6-14)16-11(17)12(7-15)3-4-12/h1-2,5H,3-4,7,15H2,(H,16,17). The number of nitrogens with two attached hydrogens (primary N) is 1. The van der Waals surface area contributed by atoms with Gasteiger partial charge in [0.15, 0.2) is 0 Å². The molecule has 0 aromatic heterocycles. The number of anilines is 1. The van der Waals surface area contributed by atoms with Crippen LogP contribution in [0.5, 0.6) is 0 Å². The Morgan fingerprint density at radius 1 is 1.59 bits per heavy atom. The molecule has 0 spiro atoms. The quantitative estimate of drug-likeness (QED) is 0.859. The van der Waals surface area contributed by atoms with Crippen LogP contribution in [0.2, 0.25) is 5.02 Å². The lowest BCUT2D eigenvalue weighted by molar-refractivity contribution is -0.120. The molecule has 17 heavy (non-hydrogen) atoms. The molecule has 88 valence electrons. The zero-order chi connectivity index (χ0) is 12.5. The van der Waals surface area contributed by atoms with Crippen LogP contribution in [-0.2, 0) is 4.79 Å². The Morgan fingerprint density at radius 3 is 2.76 bits per heavy atom. The Morgan fingerprint density at radius 2 is 2.29 bits per heavy atom. The summed E-state index contributed by atoms with van der Waals surface area (Å²) in [5.74, 6) is -0.0687. The third kappa shape index (κ3) is 2.26. The lowest BCUT2D eigenvalue weighted by Crippen LogP contribution is -2.30. The van der Waals surface area contributed by atoms with Gasteiger partial charge < -0.3 is 11.1 Å². The van der Waals surface area contributed by atoms with Gasteiger partial charge in [0.2, 0.25) is 5.91 Å². The minimum atomic E-state index is -0.389. The Balaban J connectivity index is 2.12. The second-order valence-corrected chi connectivity index (χ2v) is 4.65. The molecule has 3 N–H and O–H groups in total. The number of amides is 1. The topological polar surface area (TPSA) is 78.9 Å². The molecule has 0 radical (unpaired) electrons. The first kappa shape index (κ1) is 11.9. The highest BCUT2D eigenvalue weighted by atomic mass is 35.5. The van der Waals surface area contributed by atoms with E-state index in [1.165, 1.54) is 0 Å². The maximum atomic E-state index is 11.9. The van der Waals surface area contributed by atoms with Crippen LogP contribution >= 0.6 is 11.6 Å². The maximum absolute atomic E-state index is 11.9. The van der Waals surface area contributed by atoms with Gasteiger partial charge in [-0.2, -0.15) is 5.26 Å². The molecule has 1 amide bonds. The van der Waals surface area contributed by atoms with E-state index in [1.807, 2.05) is 6.07 Å². The van der Waals surface area contributed by atoms with E-state index in [1.54, 1.807) is 18.2 Å². The van der Waals surface area contributed by atoms with Crippen LogP contribution in [0.3, 0.4) is 0 Å². The molecule has 5 heteroatoms. The normalized spacial score (nSPS) is 16.1. The summed E-state index contributed by atoms with van der Waals surface area (Å²) in [6.07, 6.45) is 1.67. The number of nitriles is 1. The van der Waals surface area contributed by atoms with Crippen LogP contribution in [0.25, 0.3) is 0 Å². The molecular weight excluding hydrogens is 238 g/mol. The molecular formula is C12H12ClN3O. The van der Waals surface area contributed by atoms with Crippen molar-refractivity contribution >= 4 is 23.2 Å². The van der Waals surface area contributed by atoms with E-state index in [0.717, 1.165) is 12.8 Å². The summed E-state index contributed by atoms with van der Waals surface area (Å²) in [4.78, 5) is 11.9. The number of carbonyl (C=O) groups excluding carboxylic acids is 1. The zero-order valence-electron chi connectivity index (χ0n) is 9.16. The van der Waals surface area contributed by atoms with Crippen molar-refractivity contribution in [3.63, 3.8) is 0 Å². The van der Waals surface area contributed by atoms with E-state index >= 15 is 0 Å². The van der Waals surface area contributed by atoms with Crippen molar-refractivity contribution in [3.8, 4) is 6.07 Å². The number of nitrogens with zero attached hydrogens (tertiary/aromatic N) is 1. The molecule has 1 aliphatic carbocycles. The minimum absolute atomic E-state index is 0.0687. The Labute approximate surface area is 104 Å². The van der Waals surface area contributed by atoms with Gasteiger partial charge >= 0.3 is 0 Å². The van der Waals surface area contributed by atoms with Gasteiger partial charge in [0, 0.05) is 12.2 Å². The van der Waals surface area contributed by atoms with Crippen LogP contribution in [0.15, 0.2) is 18.2 Å². The third-order valence-corrected chi connectivity index (χ3v) is 3.39. The summed E-state index contributed by atoms with van der Waals surface area (Å²) in [6, 6.07) is 6.78. The van der Waals surface area contributed by atoms with Crippen molar-refractivity contribution in [2.75, 3.05) is 11.9 Å². The molecule has 0 unspecified atom stereocenters. The molecule has 1 aliphatic rings. The van der Waals surface area contributed by atoms with Crippen molar-refractivity contribution in [2.24, 2.45) is 11.1 Å². The Bertz CT molecular complexity index is 503. The van der Waals surface area contributed by atoms with Crippen LogP contribution in [0.4, 0.5) is 5.69 Å². The molecule has 1 aromatic rings. The average Bonchev–Trinajstić information content (AvgIpc) is 3.10. The highest BCUT2D eigenvalue weighted by Crippen LogP contribution is 2.45. The largest absolute Gasteiger partial charge is 0.329 e. The molecule has 0 atom stereocenters. The first-order valence-electron chi connectivity index (χ1n) is 5.32. The highest BCUT2D eigenvalue weighted by Gasteiger charge is 2.48. The lowest BCUT2D eigenvalue weighted by Gasteiger charge is -2.13. The lowest BCUT2D eigenvalue weighted by atomic mass is 10.1. The van der Waals surface area contributed by atoms with Gasteiger partial charge in [-0.15, -0.1) is 0 Å². The fourth-order valence-electron chi connectivity index (χ4n) is 1.62. The van der Waals surface area contributed by atoms with E-state index < -0.39 is 0 Å². The van der Waals surface area contributed by atoms with E-state index in [9.17, 15) is 4.79 Å². The van der Waals surface area contributed by atoms with Crippen molar-refractivity contribution < 1.29 is 4.79 Å². The van der Waals surface area contributed by atoms with Gasteiger partial charge in [0.1, 0.15) is 6.07 Å². The van der Waals surface area contributed by atoms with E-state index in [-0.39, 0.29) is 11.3 Å². The van der Waals surface area contributed by atoms with Gasteiger partial charge in [-0.3, -0.25) is 4.79 Å². The molecule has 1 aromatic carbocycles. The highest BCUT2D eigenvalue weighted by molar-refractivity contribution is 6.32. The molecule has 0 aliphatic heterocycles. The monoisotopic (exact) mass is 249 g/mol. The summed E-state index contributed by atoms with van der Waals surface area (Å²) < 4.78 is 0. The van der Waals surface area contributed by atoms with Gasteiger partial charge in [0.25, 0.3) is 0 Å². The van der Waals surface area contributed by atoms with Gasteiger partial charge in [-0.25, -0.2) is 0 Å². The SMILES string of the molecule is N#Cc1ccc(NC(=O)C2(CN)CC2)cc1Cl. The first-order chi connectivity index (χ1) is 8.11. The second-order valence-electron chi connectivity index (χ2n) is 4.25. The maximum Gasteiger partial charge on any atom is 0.231 e. The predicted octanol–water partition coefficient (Wildman–Crippen LogP) is 1.89. The number of carbonyl (C=O) groups is 1. The molecule has 1 fully saturated rings. The van der Waals surface area contributed by atoms with E-state index in [2.05, 4.69) is 5.32 Å². The average molecular weight is 250 g/mol. The predicted molar refractivity (Wildman–Crippen MR) is 65.5 cm³/mol. The number of halogens is 1. The van der Waals surface area contributed by atoms with E-state index in [4.69, 9.17) is 22.6 Å². The molecule has 0 saturated heterocycles. The van der Waals surface area contributed by atoms with Crippen LogP contribution in [-0.4, -0.2) is 12.5 Å². The summed E-state index contributed by atoms with van der Waals surface area (Å²) in [5.41, 5.74) is 6.17. The number of nitrogens with one attached hydrogen (secondary N) is 1. The van der Waals surface area contributed by atoms with Crippen molar-refractivity contribution in [1.29, 1.82) is 5.26 Å². The summed E-state index contributed by atoms with van der Waals surface area (Å²) in [5, 5.41) is 11.8. The van der Waals surface area contributed by atoms with Crippen molar-refractivity contribution in [2.45, 2.75) is 12.8 Å². The van der Waals surface area contributed by atoms with Crippen molar-refractivity contribution in [1.82, 2.24) is 0 Å². The fraction of sp³-hybridized carbons (Fsp3) is 0.333. The number of rotatable bonds is 3. The molecule has 0 heterocycles. The summed E-state index contributed by atoms with van der Waals surface area (Å²) in [7, 11) is 0. The number of hydrogen-bond acceptors (Lipinski definition) is 3. The number of benzene rings is 1. The van der Waals surface area contributed by atoms with E-state index in [0.29, 0.717) is 22.8 Å². The first-order valence-corrected chi connectivity index (χ1v) is 5.70. The summed E-state index contributed by atoms with van der Waals surface area (Å²) in [6.45, 7) is 0.364. The minimum Gasteiger partial charge on any atom is -0.329 e.